The highest BCUT2D eigenvalue weighted by atomic mass is 35.5. The van der Waals surface area contributed by atoms with E-state index in [1.807, 2.05) is 29.2 Å². The van der Waals surface area contributed by atoms with E-state index in [1.54, 1.807) is 36.3 Å². The molecule has 1 aliphatic rings. The molecule has 2 aromatic carbocycles. The quantitative estimate of drug-likeness (QED) is 0.686. The van der Waals surface area contributed by atoms with Crippen molar-refractivity contribution < 1.29 is 9.18 Å². The Morgan fingerprint density at radius 1 is 1.15 bits per heavy atom. The summed E-state index contributed by atoms with van der Waals surface area (Å²) in [7, 11) is 1.81. The summed E-state index contributed by atoms with van der Waals surface area (Å²) in [6.45, 7) is 2.43. The van der Waals surface area contributed by atoms with Crippen molar-refractivity contribution in [3.8, 4) is 11.1 Å². The molecule has 4 nitrogen and oxygen atoms in total. The lowest BCUT2D eigenvalue weighted by atomic mass is 10.0. The molecule has 0 unspecified atom stereocenters. The fraction of sp³-hybridized carbons (Fsp3) is 0.238. The van der Waals surface area contributed by atoms with Crippen LogP contribution in [0.2, 0.25) is 5.02 Å². The van der Waals surface area contributed by atoms with E-state index < -0.39 is 0 Å². The Bertz CT molecular complexity index is 1020. The molecule has 4 rings (SSSR count). The third kappa shape index (κ3) is 3.66. The van der Waals surface area contributed by atoms with Crippen molar-refractivity contribution in [2.45, 2.75) is 6.54 Å². The first-order valence-corrected chi connectivity index (χ1v) is 9.18. The molecule has 1 aliphatic heterocycles. The van der Waals surface area contributed by atoms with Crippen LogP contribution in [0.15, 0.2) is 48.7 Å². The van der Waals surface area contributed by atoms with E-state index in [-0.39, 0.29) is 11.7 Å². The van der Waals surface area contributed by atoms with Crippen molar-refractivity contribution in [1.82, 2.24) is 14.8 Å². The maximum atomic E-state index is 14.8. The lowest BCUT2D eigenvalue weighted by molar-refractivity contribution is -0.134. The minimum atomic E-state index is -0.283. The number of amides is 1. The predicted molar refractivity (Wildman–Crippen MR) is 105 cm³/mol. The topological polar surface area (TPSA) is 36.4 Å². The fourth-order valence-corrected chi connectivity index (χ4v) is 3.59. The second-order valence-corrected chi connectivity index (χ2v) is 7.27. The number of carbonyl (C=O) groups excluding carboxylic acids is 1. The molecule has 1 amide bonds. The average molecular weight is 384 g/mol. The molecule has 6 heteroatoms. The number of fused-ring (bicyclic) bond motifs is 1. The number of hydrogen-bond acceptors (Lipinski definition) is 3. The van der Waals surface area contributed by atoms with E-state index in [0.29, 0.717) is 30.2 Å². The zero-order chi connectivity index (χ0) is 19.0. The lowest BCUT2D eigenvalue weighted by Crippen LogP contribution is -2.47. The van der Waals surface area contributed by atoms with Crippen molar-refractivity contribution in [1.29, 1.82) is 0 Å². The second-order valence-electron chi connectivity index (χ2n) is 6.86. The van der Waals surface area contributed by atoms with Gasteiger partial charge in [0.05, 0.1) is 17.1 Å². The maximum absolute atomic E-state index is 14.8. The first-order valence-electron chi connectivity index (χ1n) is 8.80. The highest BCUT2D eigenvalue weighted by molar-refractivity contribution is 6.35. The van der Waals surface area contributed by atoms with Gasteiger partial charge in [0.1, 0.15) is 5.82 Å². The first-order chi connectivity index (χ1) is 13.0. The number of carbonyl (C=O) groups is 1. The van der Waals surface area contributed by atoms with Gasteiger partial charge in [-0.05, 0) is 29.3 Å². The molecule has 3 aromatic rings. The predicted octanol–water partition coefficient (Wildman–Crippen LogP) is 3.97. The van der Waals surface area contributed by atoms with Gasteiger partial charge in [-0.2, -0.15) is 0 Å². The van der Waals surface area contributed by atoms with Gasteiger partial charge in [-0.25, -0.2) is 4.39 Å². The summed E-state index contributed by atoms with van der Waals surface area (Å²) in [5.41, 5.74) is 2.88. The number of rotatable bonds is 3. The van der Waals surface area contributed by atoms with Crippen LogP contribution in [0.4, 0.5) is 4.39 Å². The van der Waals surface area contributed by atoms with Crippen LogP contribution < -0.4 is 0 Å². The summed E-state index contributed by atoms with van der Waals surface area (Å²) in [6, 6.07) is 12.6. The molecule has 0 atom stereocenters. The van der Waals surface area contributed by atoms with E-state index in [1.165, 1.54) is 0 Å². The highest BCUT2D eigenvalue weighted by Crippen LogP contribution is 2.29. The summed E-state index contributed by atoms with van der Waals surface area (Å²) >= 11 is 6.17. The molecular weight excluding hydrogens is 365 g/mol. The first kappa shape index (κ1) is 17.9. The minimum absolute atomic E-state index is 0.0978. The van der Waals surface area contributed by atoms with Crippen LogP contribution in [0, 0.1) is 5.82 Å². The Hall–Kier alpha value is -2.50. The largest absolute Gasteiger partial charge is 0.343 e. The van der Waals surface area contributed by atoms with E-state index in [9.17, 15) is 9.18 Å². The molecule has 2 heterocycles. The third-order valence-corrected chi connectivity index (χ3v) is 5.31. The maximum Gasteiger partial charge on any atom is 0.236 e. The number of nitrogens with zero attached hydrogens (tertiary/aromatic N) is 3. The van der Waals surface area contributed by atoms with Gasteiger partial charge in [0.2, 0.25) is 5.91 Å². The summed E-state index contributed by atoms with van der Waals surface area (Å²) in [5.74, 6) is -0.185. The molecule has 0 saturated carbocycles. The lowest BCUT2D eigenvalue weighted by Gasteiger charge is -2.31. The zero-order valence-electron chi connectivity index (χ0n) is 15.0. The van der Waals surface area contributed by atoms with Crippen molar-refractivity contribution in [2.75, 3.05) is 26.7 Å². The Kier molecular flexibility index (Phi) is 4.81. The number of likely N-dealkylation sites (N-methyl/N-ethyl adjacent to an activating group) is 1. The van der Waals surface area contributed by atoms with Crippen LogP contribution >= 0.6 is 11.6 Å². The van der Waals surface area contributed by atoms with E-state index in [2.05, 4.69) is 4.98 Å². The van der Waals surface area contributed by atoms with Crippen LogP contribution in [0.5, 0.6) is 0 Å². The van der Waals surface area contributed by atoms with Crippen LogP contribution in [0.25, 0.3) is 22.0 Å². The molecule has 1 fully saturated rings. The van der Waals surface area contributed by atoms with Gasteiger partial charge in [-0.1, -0.05) is 35.9 Å². The van der Waals surface area contributed by atoms with Crippen LogP contribution in [-0.2, 0) is 11.3 Å². The fourth-order valence-electron chi connectivity index (χ4n) is 3.37. The summed E-state index contributed by atoms with van der Waals surface area (Å²) in [6.07, 6.45) is 1.64. The van der Waals surface area contributed by atoms with Crippen molar-refractivity contribution >= 4 is 28.4 Å². The summed E-state index contributed by atoms with van der Waals surface area (Å²) in [4.78, 5) is 19.9. The third-order valence-electron chi connectivity index (χ3n) is 4.98. The molecule has 1 aromatic heterocycles. The Labute approximate surface area is 162 Å². The molecule has 0 aliphatic carbocycles. The SMILES string of the molecule is CN1CCN(Cc2ccc(-c3ccc4c(Cl)ccnc4c3)c(F)c2)CC1=O. The number of pyridine rings is 1. The molecule has 138 valence electrons. The molecule has 0 bridgehead atoms. The minimum Gasteiger partial charge on any atom is -0.343 e. The van der Waals surface area contributed by atoms with Gasteiger partial charge in [0, 0.05) is 43.8 Å². The molecule has 0 radical (unpaired) electrons. The van der Waals surface area contributed by atoms with E-state index >= 15 is 0 Å². The zero-order valence-corrected chi connectivity index (χ0v) is 15.7. The molecule has 0 N–H and O–H groups in total. The number of hydrogen-bond donors (Lipinski definition) is 0. The Morgan fingerprint density at radius 2 is 2.00 bits per heavy atom. The van der Waals surface area contributed by atoms with Crippen molar-refractivity contribution in [3.63, 3.8) is 0 Å². The molecule has 1 saturated heterocycles. The van der Waals surface area contributed by atoms with Gasteiger partial charge in [0.25, 0.3) is 0 Å². The normalized spacial score (nSPS) is 15.5. The highest BCUT2D eigenvalue weighted by Gasteiger charge is 2.21. The van der Waals surface area contributed by atoms with Crippen molar-refractivity contribution in [3.05, 3.63) is 65.1 Å². The Balaban J connectivity index is 1.58. The standard InChI is InChI=1S/C21H19ClFN3O/c1-25-8-9-26(13-21(25)27)12-14-2-4-16(19(23)10-14)15-3-5-17-18(22)6-7-24-20(17)11-15/h2-7,10-11H,8-9,12-13H2,1H3. The second kappa shape index (κ2) is 7.25. The Morgan fingerprint density at radius 3 is 2.78 bits per heavy atom. The monoisotopic (exact) mass is 383 g/mol. The van der Waals surface area contributed by atoms with Gasteiger partial charge in [-0.15, -0.1) is 0 Å². The number of benzene rings is 2. The van der Waals surface area contributed by atoms with Gasteiger partial charge < -0.3 is 4.90 Å². The molecule has 0 spiro atoms. The van der Waals surface area contributed by atoms with Crippen LogP contribution in [0.1, 0.15) is 5.56 Å². The number of halogens is 2. The molecular formula is C21H19ClFN3O. The smallest absolute Gasteiger partial charge is 0.236 e. The summed E-state index contributed by atoms with van der Waals surface area (Å²) < 4.78 is 14.8. The van der Waals surface area contributed by atoms with Crippen molar-refractivity contribution in [2.24, 2.45) is 0 Å². The van der Waals surface area contributed by atoms with Crippen LogP contribution in [0.3, 0.4) is 0 Å². The number of piperazine rings is 1. The van der Waals surface area contributed by atoms with E-state index in [0.717, 1.165) is 28.6 Å². The van der Waals surface area contributed by atoms with Gasteiger partial charge in [-0.3, -0.25) is 14.7 Å². The average Bonchev–Trinajstić information content (AvgIpc) is 2.65. The number of aromatic nitrogens is 1. The van der Waals surface area contributed by atoms with E-state index in [4.69, 9.17) is 11.6 Å². The van der Waals surface area contributed by atoms with Crippen LogP contribution in [-0.4, -0.2) is 47.4 Å². The summed E-state index contributed by atoms with van der Waals surface area (Å²) in [5, 5.41) is 1.48. The van der Waals surface area contributed by atoms with Gasteiger partial charge in [0.15, 0.2) is 0 Å². The van der Waals surface area contributed by atoms with Gasteiger partial charge >= 0.3 is 0 Å². The molecule has 27 heavy (non-hydrogen) atoms.